The summed E-state index contributed by atoms with van der Waals surface area (Å²) in [5.41, 5.74) is 0.590. The molecule has 1 aliphatic rings. The molecule has 1 heteroatoms. The van der Waals surface area contributed by atoms with Crippen LogP contribution < -0.4 is 0 Å². The molecule has 0 amide bonds. The fraction of sp³-hybridized carbons (Fsp3) is 1.00. The Morgan fingerprint density at radius 1 is 1.08 bits per heavy atom. The molecule has 0 bridgehead atoms. The molecule has 0 radical (unpaired) electrons. The standard InChI is InChI=1S/C12H25N/c1-4-9-13-10-6-5-7-12(2,3)8-11-13/h4-11H2,1-3H3. The summed E-state index contributed by atoms with van der Waals surface area (Å²) in [7, 11) is 0. The minimum Gasteiger partial charge on any atom is -0.303 e. The Kier molecular flexibility index (Phi) is 4.24. The molecule has 0 aromatic rings. The number of rotatable bonds is 2. The second-order valence-corrected chi connectivity index (χ2v) is 5.21. The van der Waals surface area contributed by atoms with Crippen molar-refractivity contribution >= 4 is 0 Å². The zero-order valence-electron chi connectivity index (χ0n) is 9.60. The molecule has 1 saturated heterocycles. The van der Waals surface area contributed by atoms with Crippen LogP contribution in [0.2, 0.25) is 0 Å². The Bertz CT molecular complexity index is 140. The molecule has 1 nitrogen and oxygen atoms in total. The highest BCUT2D eigenvalue weighted by atomic mass is 15.1. The van der Waals surface area contributed by atoms with Crippen molar-refractivity contribution in [2.75, 3.05) is 19.6 Å². The Morgan fingerprint density at radius 2 is 1.85 bits per heavy atom. The molecule has 1 aliphatic heterocycles. The van der Waals surface area contributed by atoms with Gasteiger partial charge in [-0.15, -0.1) is 0 Å². The second kappa shape index (κ2) is 4.99. The van der Waals surface area contributed by atoms with Gasteiger partial charge in [0.1, 0.15) is 0 Å². The maximum absolute atomic E-state index is 2.64. The predicted molar refractivity (Wildman–Crippen MR) is 59.0 cm³/mol. The van der Waals surface area contributed by atoms with Crippen LogP contribution >= 0.6 is 0 Å². The topological polar surface area (TPSA) is 3.24 Å². The molecule has 0 aliphatic carbocycles. The van der Waals surface area contributed by atoms with Crippen LogP contribution in [0.4, 0.5) is 0 Å². The minimum absolute atomic E-state index is 0.590. The average molecular weight is 183 g/mol. The van der Waals surface area contributed by atoms with Crippen LogP contribution in [0.1, 0.15) is 52.9 Å². The minimum atomic E-state index is 0.590. The van der Waals surface area contributed by atoms with Gasteiger partial charge in [-0.1, -0.05) is 27.2 Å². The van der Waals surface area contributed by atoms with E-state index in [1.165, 1.54) is 51.7 Å². The van der Waals surface area contributed by atoms with E-state index >= 15 is 0 Å². The monoisotopic (exact) mass is 183 g/mol. The molecule has 1 heterocycles. The van der Waals surface area contributed by atoms with Gasteiger partial charge in [0, 0.05) is 0 Å². The van der Waals surface area contributed by atoms with Crippen LogP contribution in [0.5, 0.6) is 0 Å². The van der Waals surface area contributed by atoms with Crippen LogP contribution in [0, 0.1) is 5.41 Å². The number of hydrogen-bond donors (Lipinski definition) is 0. The first-order valence-corrected chi connectivity index (χ1v) is 5.86. The highest BCUT2D eigenvalue weighted by Gasteiger charge is 2.20. The van der Waals surface area contributed by atoms with Crippen LogP contribution in [0.3, 0.4) is 0 Å². The molecule has 0 aromatic heterocycles. The number of nitrogens with zero attached hydrogens (tertiary/aromatic N) is 1. The van der Waals surface area contributed by atoms with Gasteiger partial charge in [-0.25, -0.2) is 0 Å². The Hall–Kier alpha value is -0.0400. The van der Waals surface area contributed by atoms with Gasteiger partial charge in [0.25, 0.3) is 0 Å². The first-order chi connectivity index (χ1) is 6.14. The fourth-order valence-electron chi connectivity index (χ4n) is 2.18. The summed E-state index contributed by atoms with van der Waals surface area (Å²) in [5.74, 6) is 0. The van der Waals surface area contributed by atoms with Crippen molar-refractivity contribution < 1.29 is 0 Å². The maximum atomic E-state index is 2.64. The normalized spacial score (nSPS) is 25.2. The van der Waals surface area contributed by atoms with Crippen molar-refractivity contribution in [3.8, 4) is 0 Å². The zero-order valence-corrected chi connectivity index (χ0v) is 9.60. The van der Waals surface area contributed by atoms with E-state index in [9.17, 15) is 0 Å². The van der Waals surface area contributed by atoms with Gasteiger partial charge >= 0.3 is 0 Å². The third-order valence-electron chi connectivity index (χ3n) is 3.22. The largest absolute Gasteiger partial charge is 0.303 e. The maximum Gasteiger partial charge on any atom is -0.00137 e. The van der Waals surface area contributed by atoms with Gasteiger partial charge in [-0.2, -0.15) is 0 Å². The predicted octanol–water partition coefficient (Wildman–Crippen LogP) is 3.30. The van der Waals surface area contributed by atoms with Crippen molar-refractivity contribution in [3.63, 3.8) is 0 Å². The highest BCUT2D eigenvalue weighted by Crippen LogP contribution is 2.29. The first kappa shape index (κ1) is 11.0. The molecule has 0 unspecified atom stereocenters. The SMILES string of the molecule is CCCN1CCCCC(C)(C)CC1. The van der Waals surface area contributed by atoms with Crippen LogP contribution in [0.15, 0.2) is 0 Å². The summed E-state index contributed by atoms with van der Waals surface area (Å²) >= 11 is 0. The van der Waals surface area contributed by atoms with E-state index in [1.54, 1.807) is 0 Å². The van der Waals surface area contributed by atoms with E-state index in [0.717, 1.165) is 0 Å². The molecule has 1 fully saturated rings. The van der Waals surface area contributed by atoms with Gasteiger partial charge in [0.2, 0.25) is 0 Å². The van der Waals surface area contributed by atoms with Gasteiger partial charge in [-0.05, 0) is 50.7 Å². The molecular formula is C12H25N. The van der Waals surface area contributed by atoms with Crippen LogP contribution in [0.25, 0.3) is 0 Å². The first-order valence-electron chi connectivity index (χ1n) is 5.86. The molecule has 0 saturated carbocycles. The van der Waals surface area contributed by atoms with Crippen molar-refractivity contribution in [1.29, 1.82) is 0 Å². The molecule has 13 heavy (non-hydrogen) atoms. The third kappa shape index (κ3) is 4.12. The number of hydrogen-bond acceptors (Lipinski definition) is 1. The summed E-state index contributed by atoms with van der Waals surface area (Å²) in [4.78, 5) is 2.64. The van der Waals surface area contributed by atoms with Gasteiger partial charge in [0.05, 0.1) is 0 Å². The lowest BCUT2D eigenvalue weighted by Crippen LogP contribution is -2.32. The third-order valence-corrected chi connectivity index (χ3v) is 3.22. The summed E-state index contributed by atoms with van der Waals surface area (Å²) in [6, 6.07) is 0. The fourth-order valence-corrected chi connectivity index (χ4v) is 2.18. The molecule has 1 rings (SSSR count). The molecule has 0 atom stereocenters. The summed E-state index contributed by atoms with van der Waals surface area (Å²) < 4.78 is 0. The second-order valence-electron chi connectivity index (χ2n) is 5.21. The van der Waals surface area contributed by atoms with Gasteiger partial charge < -0.3 is 4.90 Å². The van der Waals surface area contributed by atoms with E-state index in [-0.39, 0.29) is 0 Å². The summed E-state index contributed by atoms with van der Waals surface area (Å²) in [6.07, 6.45) is 6.94. The lowest BCUT2D eigenvalue weighted by molar-refractivity contribution is 0.177. The Morgan fingerprint density at radius 3 is 2.54 bits per heavy atom. The van der Waals surface area contributed by atoms with Crippen molar-refractivity contribution in [3.05, 3.63) is 0 Å². The van der Waals surface area contributed by atoms with Crippen molar-refractivity contribution in [1.82, 2.24) is 4.90 Å². The van der Waals surface area contributed by atoms with Crippen LogP contribution in [-0.4, -0.2) is 24.5 Å². The van der Waals surface area contributed by atoms with Gasteiger partial charge in [0.15, 0.2) is 0 Å². The Labute approximate surface area is 83.5 Å². The lowest BCUT2D eigenvalue weighted by atomic mass is 9.82. The smallest absolute Gasteiger partial charge is 0.00137 e. The van der Waals surface area contributed by atoms with E-state index < -0.39 is 0 Å². The van der Waals surface area contributed by atoms with E-state index in [1.807, 2.05) is 0 Å². The van der Waals surface area contributed by atoms with Crippen molar-refractivity contribution in [2.24, 2.45) is 5.41 Å². The van der Waals surface area contributed by atoms with E-state index in [0.29, 0.717) is 5.41 Å². The molecule has 0 aromatic carbocycles. The summed E-state index contributed by atoms with van der Waals surface area (Å²) in [6.45, 7) is 11.1. The highest BCUT2D eigenvalue weighted by molar-refractivity contribution is 4.74. The van der Waals surface area contributed by atoms with Gasteiger partial charge in [-0.3, -0.25) is 0 Å². The van der Waals surface area contributed by atoms with E-state index in [2.05, 4.69) is 25.7 Å². The summed E-state index contributed by atoms with van der Waals surface area (Å²) in [5, 5.41) is 0. The van der Waals surface area contributed by atoms with Crippen molar-refractivity contribution in [2.45, 2.75) is 52.9 Å². The quantitative estimate of drug-likeness (QED) is 0.635. The average Bonchev–Trinajstić information content (AvgIpc) is 2.05. The Balaban J connectivity index is 2.36. The molecule has 0 N–H and O–H groups in total. The van der Waals surface area contributed by atoms with E-state index in [4.69, 9.17) is 0 Å². The number of likely N-dealkylation sites (tertiary alicyclic amines) is 1. The molecular weight excluding hydrogens is 158 g/mol. The molecule has 78 valence electrons. The zero-order chi connectivity index (χ0) is 9.73. The lowest BCUT2D eigenvalue weighted by Gasteiger charge is -2.32. The van der Waals surface area contributed by atoms with Crippen LogP contribution in [-0.2, 0) is 0 Å². The molecule has 0 spiro atoms.